The van der Waals surface area contributed by atoms with Gasteiger partial charge in [0.2, 0.25) is 0 Å². The lowest BCUT2D eigenvalue weighted by Gasteiger charge is -2.55. The lowest BCUT2D eigenvalue weighted by Crippen LogP contribution is -2.54. The van der Waals surface area contributed by atoms with Crippen molar-refractivity contribution in [1.82, 2.24) is 0 Å². The fourth-order valence-corrected chi connectivity index (χ4v) is 6.47. The molecule has 6 atom stereocenters. The van der Waals surface area contributed by atoms with Gasteiger partial charge in [0, 0.05) is 24.0 Å². The van der Waals surface area contributed by atoms with Gasteiger partial charge >= 0.3 is 0 Å². The molecule has 4 rings (SSSR count). The first kappa shape index (κ1) is 17.4. The number of aryl methyl sites for hydroxylation is 1. The van der Waals surface area contributed by atoms with Gasteiger partial charge in [-0.15, -0.1) is 0 Å². The van der Waals surface area contributed by atoms with Crippen molar-refractivity contribution in [2.45, 2.75) is 56.7 Å². The average molecular weight is 363 g/mol. The predicted molar refractivity (Wildman–Crippen MR) is 98.8 cm³/mol. The van der Waals surface area contributed by atoms with E-state index in [-0.39, 0.29) is 11.5 Å². The minimum atomic E-state index is -0.851. The summed E-state index contributed by atoms with van der Waals surface area (Å²) in [7, 11) is 1.78. The van der Waals surface area contributed by atoms with E-state index in [1.165, 1.54) is 16.7 Å². The molecule has 3 aliphatic carbocycles. The fourth-order valence-electron chi connectivity index (χ4n) is 6.26. The second-order valence-electron chi connectivity index (χ2n) is 8.37. The Morgan fingerprint density at radius 1 is 1.32 bits per heavy atom. The van der Waals surface area contributed by atoms with Crippen LogP contribution in [-0.2, 0) is 11.2 Å². The molecule has 3 nitrogen and oxygen atoms in total. The molecule has 0 saturated heterocycles. The largest absolute Gasteiger partial charge is 0.508 e. The highest BCUT2D eigenvalue weighted by atomic mass is 35.5. The Hall–Kier alpha value is -1.03. The quantitative estimate of drug-likeness (QED) is 0.822. The smallest absolute Gasteiger partial charge is 0.115 e. The Labute approximate surface area is 154 Å². The number of aliphatic hydroxyl groups is 1. The third-order valence-corrected chi connectivity index (χ3v) is 7.65. The van der Waals surface area contributed by atoms with Gasteiger partial charge in [0.15, 0.2) is 0 Å². The van der Waals surface area contributed by atoms with Crippen molar-refractivity contribution in [2.75, 3.05) is 7.11 Å². The summed E-state index contributed by atoms with van der Waals surface area (Å²) in [5.41, 5.74) is 2.98. The number of rotatable bonds is 2. The summed E-state index contributed by atoms with van der Waals surface area (Å²) in [5.74, 6) is 1.64. The van der Waals surface area contributed by atoms with E-state index in [4.69, 9.17) is 16.3 Å². The normalized spacial score (nSPS) is 42.9. The van der Waals surface area contributed by atoms with Crippen molar-refractivity contribution in [2.24, 2.45) is 17.3 Å². The van der Waals surface area contributed by atoms with E-state index >= 15 is 0 Å². The first-order valence-corrected chi connectivity index (χ1v) is 9.72. The Bertz CT molecular complexity index is 702. The van der Waals surface area contributed by atoms with Crippen molar-refractivity contribution >= 4 is 11.6 Å². The molecule has 2 saturated carbocycles. The molecule has 0 radical (unpaired) electrons. The maximum atomic E-state index is 11.3. The van der Waals surface area contributed by atoms with E-state index in [0.717, 1.165) is 32.1 Å². The molecular weight excluding hydrogens is 336 g/mol. The summed E-state index contributed by atoms with van der Waals surface area (Å²) in [4.78, 5) is 0. The molecule has 0 bridgehead atoms. The van der Waals surface area contributed by atoms with E-state index in [2.05, 4.69) is 13.0 Å². The summed E-state index contributed by atoms with van der Waals surface area (Å²) in [6.45, 7) is 2.22. The van der Waals surface area contributed by atoms with E-state index in [1.807, 2.05) is 6.07 Å². The average Bonchev–Trinajstić information content (AvgIpc) is 2.85. The molecule has 0 aromatic heterocycles. The number of halogens is 1. The zero-order valence-corrected chi connectivity index (χ0v) is 15.7. The van der Waals surface area contributed by atoms with Gasteiger partial charge in [0.1, 0.15) is 5.75 Å². The van der Waals surface area contributed by atoms with Gasteiger partial charge in [-0.1, -0.05) is 24.6 Å². The highest BCUT2D eigenvalue weighted by Crippen LogP contribution is 2.65. The molecule has 0 heterocycles. The molecule has 25 heavy (non-hydrogen) atoms. The van der Waals surface area contributed by atoms with Crippen LogP contribution in [0.4, 0.5) is 0 Å². The van der Waals surface area contributed by atoms with Crippen LogP contribution >= 0.6 is 11.6 Å². The molecule has 0 spiro atoms. The minimum Gasteiger partial charge on any atom is -0.508 e. The highest BCUT2D eigenvalue weighted by molar-refractivity contribution is 6.25. The molecule has 1 aromatic rings. The van der Waals surface area contributed by atoms with Gasteiger partial charge < -0.3 is 14.9 Å². The maximum absolute atomic E-state index is 11.3. The van der Waals surface area contributed by atoms with Gasteiger partial charge in [0.25, 0.3) is 0 Å². The Morgan fingerprint density at radius 3 is 2.84 bits per heavy atom. The topological polar surface area (TPSA) is 49.7 Å². The van der Waals surface area contributed by atoms with E-state index < -0.39 is 5.60 Å². The minimum absolute atomic E-state index is 0.0724. The van der Waals surface area contributed by atoms with Crippen LogP contribution in [0.25, 0.3) is 0 Å². The molecule has 1 aromatic carbocycles. The summed E-state index contributed by atoms with van der Waals surface area (Å²) >= 11 is 5.86. The SMILES string of the molecule is CO[C@H]1C[C@@]2(C)[C@@H](CC[C@@]2(O)/C=C\Cl)[C@@H]2CCc3cc(O)ccc3[C@H]21. The summed E-state index contributed by atoms with van der Waals surface area (Å²) in [5, 5.41) is 21.2. The van der Waals surface area contributed by atoms with Crippen LogP contribution in [-0.4, -0.2) is 29.0 Å². The number of ether oxygens (including phenoxy) is 1. The van der Waals surface area contributed by atoms with Crippen LogP contribution in [0.15, 0.2) is 29.8 Å². The second-order valence-corrected chi connectivity index (χ2v) is 8.62. The van der Waals surface area contributed by atoms with Gasteiger partial charge in [0.05, 0.1) is 11.7 Å². The standard InChI is InChI=1S/C21H27ClO3/c1-20-12-18(25-2)19-15-6-4-14(23)11-13(15)3-5-16(19)17(20)7-8-21(20,24)9-10-22/h4,6,9-11,16-19,23-24H,3,5,7-8,12H2,1-2H3/b10-9-/t16-,17-,18-,19+,20-,21+/m0/s1. The number of methoxy groups -OCH3 is 1. The molecule has 3 aliphatic rings. The Morgan fingerprint density at radius 2 is 2.12 bits per heavy atom. The fraction of sp³-hybridized carbons (Fsp3) is 0.619. The van der Waals surface area contributed by atoms with Crippen LogP contribution in [0, 0.1) is 17.3 Å². The van der Waals surface area contributed by atoms with Crippen LogP contribution in [0.3, 0.4) is 0 Å². The van der Waals surface area contributed by atoms with Gasteiger partial charge in [-0.2, -0.15) is 0 Å². The molecular formula is C21H27ClO3. The van der Waals surface area contributed by atoms with Crippen molar-refractivity contribution in [3.8, 4) is 5.75 Å². The third-order valence-electron chi connectivity index (χ3n) is 7.52. The molecule has 0 aliphatic heterocycles. The molecule has 136 valence electrons. The van der Waals surface area contributed by atoms with Gasteiger partial charge in [-0.25, -0.2) is 0 Å². The molecule has 0 amide bonds. The number of aromatic hydroxyl groups is 1. The van der Waals surface area contributed by atoms with E-state index in [0.29, 0.717) is 23.5 Å². The number of fused-ring (bicyclic) bond motifs is 5. The first-order valence-electron chi connectivity index (χ1n) is 9.28. The number of benzene rings is 1. The van der Waals surface area contributed by atoms with Crippen molar-refractivity contribution in [3.05, 3.63) is 40.9 Å². The molecule has 2 fully saturated rings. The molecule has 4 heteroatoms. The van der Waals surface area contributed by atoms with Crippen LogP contribution in [0.2, 0.25) is 0 Å². The zero-order chi connectivity index (χ0) is 17.8. The number of phenols is 1. The van der Waals surface area contributed by atoms with Crippen LogP contribution in [0.1, 0.15) is 49.7 Å². The maximum Gasteiger partial charge on any atom is 0.115 e. The number of hydrogen-bond acceptors (Lipinski definition) is 3. The molecule has 2 N–H and O–H groups in total. The summed E-state index contributed by atoms with van der Waals surface area (Å²) in [6, 6.07) is 5.78. The van der Waals surface area contributed by atoms with Crippen molar-refractivity contribution in [1.29, 1.82) is 0 Å². The predicted octanol–water partition coefficient (Wildman–Crippen LogP) is 4.36. The van der Waals surface area contributed by atoms with Gasteiger partial charge in [-0.3, -0.25) is 0 Å². The van der Waals surface area contributed by atoms with Gasteiger partial charge in [-0.05, 0) is 73.3 Å². The van der Waals surface area contributed by atoms with Crippen molar-refractivity contribution in [3.63, 3.8) is 0 Å². The Kier molecular flexibility index (Phi) is 4.18. The number of hydrogen-bond donors (Lipinski definition) is 2. The lowest BCUT2D eigenvalue weighted by molar-refractivity contribution is -0.120. The lowest BCUT2D eigenvalue weighted by atomic mass is 9.52. The van der Waals surface area contributed by atoms with E-state index in [9.17, 15) is 10.2 Å². The zero-order valence-electron chi connectivity index (χ0n) is 14.9. The highest BCUT2D eigenvalue weighted by Gasteiger charge is 2.63. The third kappa shape index (κ3) is 2.39. The summed E-state index contributed by atoms with van der Waals surface area (Å²) in [6.07, 6.45) is 6.55. The monoisotopic (exact) mass is 362 g/mol. The number of phenolic OH excluding ortho intramolecular Hbond substituents is 1. The van der Waals surface area contributed by atoms with Crippen LogP contribution < -0.4 is 0 Å². The summed E-state index contributed by atoms with van der Waals surface area (Å²) < 4.78 is 5.96. The second kappa shape index (κ2) is 6.00. The van der Waals surface area contributed by atoms with E-state index in [1.54, 1.807) is 19.3 Å². The first-order chi connectivity index (χ1) is 11.9. The van der Waals surface area contributed by atoms with Crippen molar-refractivity contribution < 1.29 is 14.9 Å². The Balaban J connectivity index is 1.78. The molecule has 0 unspecified atom stereocenters. The van der Waals surface area contributed by atoms with Crippen LogP contribution in [0.5, 0.6) is 5.75 Å².